The normalized spacial score (nSPS) is 29.3. The van der Waals surface area contributed by atoms with Crippen LogP contribution in [0.25, 0.3) is 22.6 Å². The number of anilines is 2. The summed E-state index contributed by atoms with van der Waals surface area (Å²) >= 11 is 1.56. The molecular formula is C37H45N9O2S. The summed E-state index contributed by atoms with van der Waals surface area (Å²) in [7, 11) is 0. The first kappa shape index (κ1) is 30.3. The Morgan fingerprint density at radius 3 is 2.63 bits per heavy atom. The second-order valence-electron chi connectivity index (χ2n) is 16.2. The number of hydrogen-bond acceptors (Lipinski definition) is 11. The average Bonchev–Trinajstić information content (AvgIpc) is 3.89. The Morgan fingerprint density at radius 1 is 1.04 bits per heavy atom. The predicted molar refractivity (Wildman–Crippen MR) is 188 cm³/mol. The van der Waals surface area contributed by atoms with E-state index in [2.05, 4.69) is 27.5 Å². The molecule has 4 aromatic rings. The topological polar surface area (TPSA) is 146 Å². The fourth-order valence-electron chi connectivity index (χ4n) is 11.2. The number of nitrogens with two attached hydrogens (primary N) is 1. The van der Waals surface area contributed by atoms with Gasteiger partial charge in [0.1, 0.15) is 16.9 Å². The summed E-state index contributed by atoms with van der Waals surface area (Å²) in [6.07, 6.45) is 14.0. The van der Waals surface area contributed by atoms with E-state index in [0.29, 0.717) is 28.6 Å². The van der Waals surface area contributed by atoms with Crippen molar-refractivity contribution >= 4 is 33.2 Å². The second-order valence-corrected chi connectivity index (χ2v) is 17.3. The molecule has 4 aliphatic heterocycles. The van der Waals surface area contributed by atoms with E-state index in [4.69, 9.17) is 30.5 Å². The van der Waals surface area contributed by atoms with Gasteiger partial charge >= 0.3 is 0 Å². The van der Waals surface area contributed by atoms with Gasteiger partial charge in [-0.15, -0.1) is 11.3 Å². The van der Waals surface area contributed by atoms with Crippen molar-refractivity contribution in [3.63, 3.8) is 0 Å². The molecule has 12 heteroatoms. The highest BCUT2D eigenvalue weighted by atomic mass is 32.1. The van der Waals surface area contributed by atoms with Gasteiger partial charge in [0.2, 0.25) is 0 Å². The number of fused-ring (bicyclic) bond motifs is 7. The summed E-state index contributed by atoms with van der Waals surface area (Å²) < 4.78 is 8.66. The van der Waals surface area contributed by atoms with Crippen molar-refractivity contribution < 1.29 is 9.63 Å². The van der Waals surface area contributed by atoms with Gasteiger partial charge in [-0.3, -0.25) is 4.90 Å². The fourth-order valence-corrected chi connectivity index (χ4v) is 12.3. The molecule has 0 saturated carbocycles. The van der Waals surface area contributed by atoms with Gasteiger partial charge in [-0.25, -0.2) is 14.6 Å². The van der Waals surface area contributed by atoms with Gasteiger partial charge in [0.15, 0.2) is 22.9 Å². The van der Waals surface area contributed by atoms with E-state index >= 15 is 0 Å². The van der Waals surface area contributed by atoms with Gasteiger partial charge in [-0.2, -0.15) is 10.4 Å². The van der Waals surface area contributed by atoms with E-state index < -0.39 is 11.0 Å². The summed E-state index contributed by atoms with van der Waals surface area (Å²) in [5.74, 6) is 2.32. The highest BCUT2D eigenvalue weighted by molar-refractivity contribution is 7.16. The van der Waals surface area contributed by atoms with Crippen LogP contribution in [0.5, 0.6) is 0 Å². The maximum absolute atomic E-state index is 11.4. The van der Waals surface area contributed by atoms with Crippen LogP contribution in [0, 0.1) is 11.3 Å². The Balaban J connectivity index is 1.18. The predicted octanol–water partition coefficient (Wildman–Crippen LogP) is 5.81. The van der Waals surface area contributed by atoms with Crippen LogP contribution in [0.2, 0.25) is 0 Å². The van der Waals surface area contributed by atoms with Crippen LogP contribution < -0.4 is 10.6 Å². The van der Waals surface area contributed by atoms with Crippen LogP contribution in [0.4, 0.5) is 10.8 Å². The van der Waals surface area contributed by atoms with E-state index in [0.717, 1.165) is 117 Å². The minimum absolute atomic E-state index is 0.0991. The third-order valence-electron chi connectivity index (χ3n) is 13.5. The first-order valence-corrected chi connectivity index (χ1v) is 19.4. The molecule has 0 radical (unpaired) electrons. The molecule has 8 heterocycles. The van der Waals surface area contributed by atoms with E-state index in [1.807, 2.05) is 6.92 Å². The van der Waals surface area contributed by atoms with Crippen LogP contribution >= 0.6 is 11.3 Å². The van der Waals surface area contributed by atoms with Crippen molar-refractivity contribution in [2.75, 3.05) is 30.3 Å². The minimum Gasteiger partial charge on any atom is -0.389 e. The van der Waals surface area contributed by atoms with Crippen molar-refractivity contribution in [1.29, 1.82) is 5.26 Å². The van der Waals surface area contributed by atoms with Crippen LogP contribution in [-0.2, 0) is 24.7 Å². The van der Waals surface area contributed by atoms with Crippen LogP contribution in [0.1, 0.15) is 124 Å². The van der Waals surface area contributed by atoms with Crippen LogP contribution in [0.3, 0.4) is 0 Å². The minimum atomic E-state index is -0.798. The molecule has 1 spiro atoms. The summed E-state index contributed by atoms with van der Waals surface area (Å²) in [6.45, 7) is 7.14. The molecule has 3 saturated heterocycles. The monoisotopic (exact) mass is 679 g/mol. The maximum atomic E-state index is 11.4. The first-order valence-electron chi connectivity index (χ1n) is 18.6. The van der Waals surface area contributed by atoms with Crippen LogP contribution in [0.15, 0.2) is 4.52 Å². The van der Waals surface area contributed by atoms with E-state index in [9.17, 15) is 10.4 Å². The van der Waals surface area contributed by atoms with E-state index in [-0.39, 0.29) is 17.6 Å². The molecule has 11 nitrogen and oxygen atoms in total. The third kappa shape index (κ3) is 4.12. The molecule has 4 atom stereocenters. The summed E-state index contributed by atoms with van der Waals surface area (Å²) in [5, 5.41) is 33.4. The molecule has 2 aliphatic carbocycles. The number of thiophene rings is 1. The zero-order chi connectivity index (χ0) is 33.3. The van der Waals surface area contributed by atoms with Gasteiger partial charge in [0, 0.05) is 28.6 Å². The van der Waals surface area contributed by atoms with Crippen molar-refractivity contribution in [1.82, 2.24) is 29.8 Å². The van der Waals surface area contributed by atoms with Gasteiger partial charge in [-0.05, 0) is 122 Å². The highest BCUT2D eigenvalue weighted by Gasteiger charge is 2.51. The number of aromatic nitrogens is 5. The number of aryl methyl sites for hydroxylation is 2. The van der Waals surface area contributed by atoms with Gasteiger partial charge in [0.05, 0.1) is 33.7 Å². The number of hydrogen-bond donors (Lipinski definition) is 2. The molecule has 49 heavy (non-hydrogen) atoms. The third-order valence-corrected chi connectivity index (χ3v) is 14.6. The quantitative estimate of drug-likeness (QED) is 0.272. The molecule has 0 aromatic carbocycles. The highest BCUT2D eigenvalue weighted by Crippen LogP contribution is 2.55. The lowest BCUT2D eigenvalue weighted by atomic mass is 9.63. The molecule has 3 N–H and O–H groups in total. The molecule has 4 unspecified atom stereocenters. The number of nitriles is 1. The SMILES string of the molecule is CC(n1nc2c3c(nc(-c4noc5c4CCCC54CCCc5sc(N)c(C#N)c54)nc31)N1CC(C)(O)CCC1CC2)C12CCCN1CCC2. The summed E-state index contributed by atoms with van der Waals surface area (Å²) in [4.78, 5) is 17.1. The Hall–Kier alpha value is -3.53. The molecule has 0 amide bonds. The Bertz CT molecular complexity index is 2040. The van der Waals surface area contributed by atoms with Crippen molar-refractivity contribution in [3.05, 3.63) is 33.0 Å². The number of nitrogen functional groups attached to an aromatic ring is 1. The van der Waals surface area contributed by atoms with Gasteiger partial charge < -0.3 is 20.3 Å². The number of nitrogens with zero attached hydrogens (tertiary/aromatic N) is 8. The van der Waals surface area contributed by atoms with Crippen LogP contribution in [-0.4, -0.2) is 71.7 Å². The summed E-state index contributed by atoms with van der Waals surface area (Å²) in [5.41, 5.74) is 10.7. The van der Waals surface area contributed by atoms with Crippen molar-refractivity contribution in [2.24, 2.45) is 0 Å². The van der Waals surface area contributed by atoms with Crippen molar-refractivity contribution in [3.8, 4) is 17.6 Å². The lowest BCUT2D eigenvalue weighted by molar-refractivity contribution is 0.0357. The van der Waals surface area contributed by atoms with Crippen molar-refractivity contribution in [2.45, 2.75) is 132 Å². The Morgan fingerprint density at radius 2 is 1.84 bits per heavy atom. The molecule has 10 rings (SSSR count). The maximum Gasteiger partial charge on any atom is 0.186 e. The zero-order valence-corrected chi connectivity index (χ0v) is 29.4. The molecule has 6 aliphatic rings. The number of aliphatic hydroxyl groups is 1. The summed E-state index contributed by atoms with van der Waals surface area (Å²) in [6, 6.07) is 2.89. The van der Waals surface area contributed by atoms with E-state index in [1.165, 1.54) is 30.6 Å². The Labute approximate surface area is 290 Å². The standard InChI is InChI=1S/C37H45N9O2S/c1-21(37-14-5-17-44(37)18-6-15-37)46-34-27-25(42-46)10-9-22-11-16-35(2,47)20-45(22)33(27)40-32(41-34)29-23-7-3-12-36(30(23)48-43-29)13-4-8-26-28(36)24(19-38)31(39)49-26/h21-22,47H,3-18,20,39H2,1-2H3. The molecule has 0 bridgehead atoms. The molecular weight excluding hydrogens is 635 g/mol. The molecule has 256 valence electrons. The smallest absolute Gasteiger partial charge is 0.186 e. The Kier molecular flexibility index (Phi) is 6.49. The largest absolute Gasteiger partial charge is 0.389 e. The average molecular weight is 680 g/mol. The second kappa shape index (κ2) is 10.5. The molecule has 4 aromatic heterocycles. The molecule has 3 fully saturated rings. The lowest BCUT2D eigenvalue weighted by Gasteiger charge is -2.43. The first-order chi connectivity index (χ1) is 23.7. The fraction of sp³-hybridized carbons (Fsp3) is 0.649. The lowest BCUT2D eigenvalue weighted by Crippen LogP contribution is -2.51. The number of piperidine rings is 1. The van der Waals surface area contributed by atoms with E-state index in [1.54, 1.807) is 11.3 Å². The van der Waals surface area contributed by atoms with Gasteiger partial charge in [0.25, 0.3) is 0 Å². The van der Waals surface area contributed by atoms with Gasteiger partial charge in [-0.1, -0.05) is 5.16 Å². The number of rotatable bonds is 3. The zero-order valence-electron chi connectivity index (χ0n) is 28.6.